The molecule has 4 rings (SSSR count). The van der Waals surface area contributed by atoms with Crippen molar-refractivity contribution in [3.05, 3.63) is 71.1 Å². The van der Waals surface area contributed by atoms with Gasteiger partial charge in [-0.3, -0.25) is 4.79 Å². The summed E-state index contributed by atoms with van der Waals surface area (Å²) in [6, 6.07) is 16.5. The van der Waals surface area contributed by atoms with Crippen LogP contribution in [-0.4, -0.2) is 37.9 Å². The summed E-state index contributed by atoms with van der Waals surface area (Å²) in [7, 11) is 0. The van der Waals surface area contributed by atoms with E-state index >= 15 is 0 Å². The van der Waals surface area contributed by atoms with Gasteiger partial charge in [-0.15, -0.1) is 0 Å². The van der Waals surface area contributed by atoms with E-state index in [-0.39, 0.29) is 12.2 Å². The molecule has 8 nitrogen and oxygen atoms in total. The highest BCUT2D eigenvalue weighted by Gasteiger charge is 2.31. The van der Waals surface area contributed by atoms with E-state index in [2.05, 4.69) is 15.1 Å². The zero-order chi connectivity index (χ0) is 22.0. The molecule has 0 saturated heterocycles. The summed E-state index contributed by atoms with van der Waals surface area (Å²) in [4.78, 5) is 32.0. The van der Waals surface area contributed by atoms with Crippen LogP contribution in [-0.2, 0) is 9.53 Å². The molecule has 0 radical (unpaired) electrons. The fraction of sp³-hybridized carbons (Fsp3) is 0.217. The lowest BCUT2D eigenvalue weighted by Gasteiger charge is -2.24. The standard InChI is InChI=1S/C23H22N4O4/c1-4-30-22(29)23(2,3)31-17-12-10-15(11-13-17)19-25-20-18(21(28)26-19)14-24-27(20)16-8-6-5-7-9-16/h5-14H,4H2,1-3H3,(H,25,26,28). The number of hydrogen-bond acceptors (Lipinski definition) is 6. The Labute approximate surface area is 178 Å². The first-order valence-electron chi connectivity index (χ1n) is 9.89. The molecule has 158 valence electrons. The topological polar surface area (TPSA) is 99.1 Å². The van der Waals surface area contributed by atoms with E-state index in [1.807, 2.05) is 30.3 Å². The third kappa shape index (κ3) is 4.05. The van der Waals surface area contributed by atoms with Gasteiger partial charge in [-0.2, -0.15) is 5.10 Å². The van der Waals surface area contributed by atoms with Gasteiger partial charge in [-0.1, -0.05) is 18.2 Å². The second-order valence-electron chi connectivity index (χ2n) is 7.40. The van der Waals surface area contributed by atoms with Gasteiger partial charge in [0.2, 0.25) is 0 Å². The van der Waals surface area contributed by atoms with Crippen LogP contribution in [0.25, 0.3) is 28.1 Å². The summed E-state index contributed by atoms with van der Waals surface area (Å²) in [6.45, 7) is 5.33. The first-order chi connectivity index (χ1) is 14.9. The molecule has 0 aliphatic heterocycles. The van der Waals surface area contributed by atoms with Gasteiger partial charge in [-0.05, 0) is 57.2 Å². The quantitative estimate of drug-likeness (QED) is 0.481. The van der Waals surface area contributed by atoms with E-state index in [1.165, 1.54) is 6.20 Å². The lowest BCUT2D eigenvalue weighted by atomic mass is 10.1. The fourth-order valence-electron chi connectivity index (χ4n) is 3.14. The number of carbonyl (C=O) groups is 1. The van der Waals surface area contributed by atoms with Crippen molar-refractivity contribution in [2.24, 2.45) is 0 Å². The fourth-order valence-corrected chi connectivity index (χ4v) is 3.14. The first kappa shape index (κ1) is 20.3. The predicted octanol–water partition coefficient (Wildman–Crippen LogP) is 3.50. The van der Waals surface area contributed by atoms with Crippen molar-refractivity contribution in [3.8, 4) is 22.8 Å². The normalized spacial score (nSPS) is 11.5. The molecule has 0 fully saturated rings. The van der Waals surface area contributed by atoms with Gasteiger partial charge in [0, 0.05) is 5.56 Å². The number of rotatable bonds is 6. The largest absolute Gasteiger partial charge is 0.476 e. The molecule has 31 heavy (non-hydrogen) atoms. The van der Waals surface area contributed by atoms with Crippen molar-refractivity contribution in [2.75, 3.05) is 6.61 Å². The predicted molar refractivity (Wildman–Crippen MR) is 116 cm³/mol. The zero-order valence-electron chi connectivity index (χ0n) is 17.5. The zero-order valence-corrected chi connectivity index (χ0v) is 17.5. The molecule has 0 spiro atoms. The molecule has 2 heterocycles. The van der Waals surface area contributed by atoms with Crippen LogP contribution < -0.4 is 10.3 Å². The van der Waals surface area contributed by atoms with E-state index < -0.39 is 11.6 Å². The van der Waals surface area contributed by atoms with E-state index in [0.717, 1.165) is 5.69 Å². The Kier molecular flexibility index (Phi) is 5.29. The van der Waals surface area contributed by atoms with Gasteiger partial charge in [0.15, 0.2) is 11.2 Å². The minimum atomic E-state index is -1.12. The number of ether oxygens (including phenoxy) is 2. The van der Waals surface area contributed by atoms with Gasteiger partial charge in [0.05, 0.1) is 18.5 Å². The molecule has 0 amide bonds. The Hall–Kier alpha value is -3.94. The average molecular weight is 418 g/mol. The maximum absolute atomic E-state index is 12.6. The van der Waals surface area contributed by atoms with Crippen molar-refractivity contribution in [2.45, 2.75) is 26.4 Å². The minimum absolute atomic E-state index is 0.272. The SMILES string of the molecule is CCOC(=O)C(C)(C)Oc1ccc(-c2nc3c(cnn3-c3ccccc3)c(=O)[nH]2)cc1. The van der Waals surface area contributed by atoms with Crippen LogP contribution >= 0.6 is 0 Å². The smallest absolute Gasteiger partial charge is 0.349 e. The van der Waals surface area contributed by atoms with Gasteiger partial charge in [0.25, 0.3) is 5.56 Å². The van der Waals surface area contributed by atoms with Gasteiger partial charge < -0.3 is 14.5 Å². The number of aromatic nitrogens is 4. The van der Waals surface area contributed by atoms with Crippen LogP contribution in [0, 0.1) is 0 Å². The lowest BCUT2D eigenvalue weighted by molar-refractivity contribution is -0.158. The van der Waals surface area contributed by atoms with Crippen molar-refractivity contribution in [1.29, 1.82) is 0 Å². The molecular weight excluding hydrogens is 396 g/mol. The van der Waals surface area contributed by atoms with E-state index in [4.69, 9.17) is 9.47 Å². The Morgan fingerprint density at radius 3 is 2.48 bits per heavy atom. The maximum Gasteiger partial charge on any atom is 0.349 e. The number of hydrogen-bond donors (Lipinski definition) is 1. The Bertz CT molecular complexity index is 1270. The molecule has 0 aliphatic rings. The van der Waals surface area contributed by atoms with Crippen molar-refractivity contribution < 1.29 is 14.3 Å². The van der Waals surface area contributed by atoms with Crippen LogP contribution in [0.4, 0.5) is 0 Å². The first-order valence-corrected chi connectivity index (χ1v) is 9.89. The van der Waals surface area contributed by atoms with Gasteiger partial charge in [-0.25, -0.2) is 14.5 Å². The van der Waals surface area contributed by atoms with E-state index in [9.17, 15) is 9.59 Å². The van der Waals surface area contributed by atoms with Crippen molar-refractivity contribution in [3.63, 3.8) is 0 Å². The summed E-state index contributed by atoms with van der Waals surface area (Å²) in [5, 5.41) is 4.72. The van der Waals surface area contributed by atoms with Gasteiger partial charge in [0.1, 0.15) is 17.0 Å². The number of nitrogens with one attached hydrogen (secondary N) is 1. The Morgan fingerprint density at radius 2 is 1.81 bits per heavy atom. The second kappa shape index (κ2) is 8.06. The average Bonchev–Trinajstić information content (AvgIpc) is 3.19. The van der Waals surface area contributed by atoms with Crippen molar-refractivity contribution >= 4 is 17.0 Å². The molecule has 0 atom stereocenters. The maximum atomic E-state index is 12.6. The molecule has 0 bridgehead atoms. The van der Waals surface area contributed by atoms with E-state index in [0.29, 0.717) is 28.2 Å². The Morgan fingerprint density at radius 1 is 1.10 bits per heavy atom. The molecule has 0 aliphatic carbocycles. The third-order valence-electron chi connectivity index (χ3n) is 4.71. The molecule has 4 aromatic rings. The molecule has 2 aromatic carbocycles. The Balaban J connectivity index is 1.66. The number of para-hydroxylation sites is 1. The highest BCUT2D eigenvalue weighted by Crippen LogP contribution is 2.24. The molecule has 8 heteroatoms. The van der Waals surface area contributed by atoms with Crippen LogP contribution in [0.1, 0.15) is 20.8 Å². The van der Waals surface area contributed by atoms with Crippen LogP contribution in [0.5, 0.6) is 5.75 Å². The highest BCUT2D eigenvalue weighted by atomic mass is 16.6. The lowest BCUT2D eigenvalue weighted by Crippen LogP contribution is -2.39. The molecule has 0 saturated carbocycles. The number of aromatic amines is 1. The molecule has 0 unspecified atom stereocenters. The number of esters is 1. The third-order valence-corrected chi connectivity index (χ3v) is 4.71. The highest BCUT2D eigenvalue weighted by molar-refractivity contribution is 5.79. The van der Waals surface area contributed by atoms with Crippen LogP contribution in [0.2, 0.25) is 0 Å². The van der Waals surface area contributed by atoms with E-state index in [1.54, 1.807) is 49.7 Å². The summed E-state index contributed by atoms with van der Waals surface area (Å²) in [5.74, 6) is 0.468. The number of carbonyl (C=O) groups excluding carboxylic acids is 1. The van der Waals surface area contributed by atoms with Crippen molar-refractivity contribution in [1.82, 2.24) is 19.7 Å². The molecular formula is C23H22N4O4. The number of benzene rings is 2. The molecule has 2 aromatic heterocycles. The summed E-state index contributed by atoms with van der Waals surface area (Å²) in [5.41, 5.74) is 0.581. The number of nitrogens with zero attached hydrogens (tertiary/aromatic N) is 3. The molecule has 1 N–H and O–H groups in total. The second-order valence-corrected chi connectivity index (χ2v) is 7.40. The number of fused-ring (bicyclic) bond motifs is 1. The summed E-state index contributed by atoms with van der Waals surface area (Å²) in [6.07, 6.45) is 1.51. The van der Waals surface area contributed by atoms with Crippen LogP contribution in [0.15, 0.2) is 65.6 Å². The summed E-state index contributed by atoms with van der Waals surface area (Å²) < 4.78 is 12.5. The van der Waals surface area contributed by atoms with Gasteiger partial charge >= 0.3 is 5.97 Å². The monoisotopic (exact) mass is 418 g/mol. The minimum Gasteiger partial charge on any atom is -0.476 e. The van der Waals surface area contributed by atoms with Crippen LogP contribution in [0.3, 0.4) is 0 Å². The number of H-pyrrole nitrogens is 1. The summed E-state index contributed by atoms with van der Waals surface area (Å²) >= 11 is 0.